The van der Waals surface area contributed by atoms with E-state index in [-0.39, 0.29) is 20.9 Å². The Morgan fingerprint density at radius 3 is 2.48 bits per heavy atom. The normalized spacial score (nSPS) is 12.5. The van der Waals surface area contributed by atoms with E-state index >= 15 is 0 Å². The first kappa shape index (κ1) is 19.2. The predicted molar refractivity (Wildman–Crippen MR) is 102 cm³/mol. The minimum Gasteiger partial charge on any atom is -0.477 e. The first-order valence-electron chi connectivity index (χ1n) is 7.67. The highest BCUT2D eigenvalue weighted by Crippen LogP contribution is 2.30. The van der Waals surface area contributed by atoms with Gasteiger partial charge in [0.1, 0.15) is 4.88 Å². The Kier molecular flexibility index (Phi) is 5.39. The molecule has 0 spiro atoms. The van der Waals surface area contributed by atoms with Crippen molar-refractivity contribution in [3.8, 4) is 0 Å². The Bertz CT molecular complexity index is 919. The molecule has 0 bridgehead atoms. The molecule has 7 heteroatoms. The van der Waals surface area contributed by atoms with Crippen LogP contribution in [0.2, 0.25) is 0 Å². The molecule has 0 amide bonds. The smallest absolute Gasteiger partial charge is 0.348 e. The zero-order valence-electron chi connectivity index (χ0n) is 14.5. The molecule has 0 atom stereocenters. The summed E-state index contributed by atoms with van der Waals surface area (Å²) in [6, 6.07) is 6.64. The lowest BCUT2D eigenvalue weighted by atomic mass is 9.86. The number of sulfonamides is 1. The second-order valence-electron chi connectivity index (χ2n) is 6.58. The first-order chi connectivity index (χ1) is 11.6. The first-order valence-corrected chi connectivity index (χ1v) is 10.0. The van der Waals surface area contributed by atoms with Crippen LogP contribution in [-0.4, -0.2) is 19.5 Å². The molecule has 0 saturated carbocycles. The Morgan fingerprint density at radius 2 is 1.92 bits per heavy atom. The number of benzene rings is 1. The number of nitrogens with one attached hydrogen (secondary N) is 1. The van der Waals surface area contributed by atoms with Crippen LogP contribution >= 0.6 is 11.3 Å². The van der Waals surface area contributed by atoms with Crippen molar-refractivity contribution in [1.82, 2.24) is 0 Å². The highest BCUT2D eigenvalue weighted by Gasteiger charge is 2.23. The topological polar surface area (TPSA) is 83.5 Å². The summed E-state index contributed by atoms with van der Waals surface area (Å²) in [6.07, 6.45) is 3.50. The van der Waals surface area contributed by atoms with E-state index in [0.29, 0.717) is 5.56 Å². The van der Waals surface area contributed by atoms with E-state index in [1.807, 2.05) is 13.0 Å². The highest BCUT2D eigenvalue weighted by molar-refractivity contribution is 7.92. The number of hydrogen-bond acceptors (Lipinski definition) is 4. The van der Waals surface area contributed by atoms with Gasteiger partial charge in [-0.2, -0.15) is 0 Å². The van der Waals surface area contributed by atoms with Gasteiger partial charge in [-0.3, -0.25) is 4.72 Å². The van der Waals surface area contributed by atoms with Gasteiger partial charge < -0.3 is 5.11 Å². The van der Waals surface area contributed by atoms with Crippen LogP contribution in [0.3, 0.4) is 0 Å². The van der Waals surface area contributed by atoms with Crippen molar-refractivity contribution >= 4 is 39.1 Å². The molecule has 0 aliphatic rings. The number of carbonyl (C=O) groups is 1. The molecule has 0 aliphatic heterocycles. The van der Waals surface area contributed by atoms with Crippen molar-refractivity contribution in [3.05, 3.63) is 51.7 Å². The van der Waals surface area contributed by atoms with Crippen LogP contribution in [0.25, 0.3) is 6.08 Å². The van der Waals surface area contributed by atoms with E-state index in [1.165, 1.54) is 11.4 Å². The molecule has 0 saturated heterocycles. The van der Waals surface area contributed by atoms with Gasteiger partial charge in [-0.15, -0.1) is 11.3 Å². The number of thiophene rings is 1. The van der Waals surface area contributed by atoms with E-state index in [9.17, 15) is 13.2 Å². The van der Waals surface area contributed by atoms with E-state index in [1.54, 1.807) is 24.3 Å². The van der Waals surface area contributed by atoms with E-state index in [4.69, 9.17) is 5.11 Å². The van der Waals surface area contributed by atoms with Gasteiger partial charge in [-0.1, -0.05) is 39.0 Å². The van der Waals surface area contributed by atoms with Crippen LogP contribution in [0, 0.1) is 0 Å². The van der Waals surface area contributed by atoms with Crippen molar-refractivity contribution in [2.45, 2.75) is 38.0 Å². The molecule has 0 aliphatic carbocycles. The van der Waals surface area contributed by atoms with Gasteiger partial charge in [0.2, 0.25) is 0 Å². The molecule has 2 N–H and O–H groups in total. The van der Waals surface area contributed by atoms with Gasteiger partial charge in [-0.25, -0.2) is 13.2 Å². The third kappa shape index (κ3) is 4.29. The second-order valence-corrected chi connectivity index (χ2v) is 9.14. The summed E-state index contributed by atoms with van der Waals surface area (Å²) in [5.74, 6) is -1.16. The maximum Gasteiger partial charge on any atom is 0.348 e. The second kappa shape index (κ2) is 7.01. The summed E-state index contributed by atoms with van der Waals surface area (Å²) < 4.78 is 28.0. The van der Waals surface area contributed by atoms with Crippen molar-refractivity contribution < 1.29 is 18.3 Å². The summed E-state index contributed by atoms with van der Waals surface area (Å²) in [4.78, 5) is 11.3. The van der Waals surface area contributed by atoms with Crippen LogP contribution in [0.4, 0.5) is 5.69 Å². The number of carboxylic acid groups (broad SMARTS) is 1. The van der Waals surface area contributed by atoms with E-state index < -0.39 is 16.0 Å². The fraction of sp³-hybridized carbons (Fsp3) is 0.278. The Balaban J connectivity index is 2.52. The number of allylic oxidation sites excluding steroid dienone is 1. The van der Waals surface area contributed by atoms with Gasteiger partial charge in [0.15, 0.2) is 0 Å². The number of anilines is 1. The summed E-state index contributed by atoms with van der Waals surface area (Å²) in [5.41, 5.74) is 1.54. The average Bonchev–Trinajstić information content (AvgIpc) is 2.94. The highest BCUT2D eigenvalue weighted by atomic mass is 32.2. The zero-order chi connectivity index (χ0) is 18.8. The summed E-state index contributed by atoms with van der Waals surface area (Å²) >= 11 is 0.973. The Labute approximate surface area is 152 Å². The third-order valence-corrected chi connectivity index (χ3v) is 5.96. The number of rotatable bonds is 5. The molecular formula is C18H21NO4S2. The number of carboxylic acids is 1. The predicted octanol–water partition coefficient (Wildman–Crippen LogP) is 4.58. The van der Waals surface area contributed by atoms with Crippen LogP contribution in [0.5, 0.6) is 0 Å². The van der Waals surface area contributed by atoms with Gasteiger partial charge in [0.25, 0.3) is 10.0 Å². The average molecular weight is 380 g/mol. The van der Waals surface area contributed by atoms with Gasteiger partial charge in [0, 0.05) is 0 Å². The maximum atomic E-state index is 12.8. The van der Waals surface area contributed by atoms with Crippen LogP contribution in [-0.2, 0) is 15.4 Å². The molecule has 1 heterocycles. The van der Waals surface area contributed by atoms with Crippen molar-refractivity contribution in [2.75, 3.05) is 4.72 Å². The molecule has 1 aromatic carbocycles. The minimum absolute atomic E-state index is 0.0394. The van der Waals surface area contributed by atoms with E-state index in [0.717, 1.165) is 16.9 Å². The van der Waals surface area contributed by atoms with Gasteiger partial charge in [0.05, 0.1) is 10.6 Å². The van der Waals surface area contributed by atoms with Crippen LogP contribution in [0.15, 0.2) is 40.6 Å². The summed E-state index contributed by atoms with van der Waals surface area (Å²) in [7, 11) is -3.91. The fourth-order valence-electron chi connectivity index (χ4n) is 2.32. The van der Waals surface area contributed by atoms with Crippen LogP contribution < -0.4 is 4.72 Å². The lowest BCUT2D eigenvalue weighted by Crippen LogP contribution is -2.17. The monoisotopic (exact) mass is 379 g/mol. The van der Waals surface area contributed by atoms with Crippen molar-refractivity contribution in [2.24, 2.45) is 0 Å². The quantitative estimate of drug-likeness (QED) is 0.796. The molecular weight excluding hydrogens is 358 g/mol. The Hall–Kier alpha value is -2.12. The molecule has 1 aromatic heterocycles. The number of aromatic carboxylic acids is 1. The SMILES string of the molecule is CC=Cc1cc(C(C)(C)C)ccc1S(=O)(=O)Nc1ccsc1C(=O)O. The van der Waals surface area contributed by atoms with Crippen LogP contribution in [0.1, 0.15) is 48.5 Å². The maximum absolute atomic E-state index is 12.8. The molecule has 0 radical (unpaired) electrons. The summed E-state index contributed by atoms with van der Waals surface area (Å²) in [5, 5.41) is 10.7. The van der Waals surface area contributed by atoms with Gasteiger partial charge in [-0.05, 0) is 47.0 Å². The fourth-order valence-corrected chi connectivity index (χ4v) is 4.33. The largest absolute Gasteiger partial charge is 0.477 e. The van der Waals surface area contributed by atoms with Crippen molar-refractivity contribution in [3.63, 3.8) is 0 Å². The van der Waals surface area contributed by atoms with Crippen molar-refractivity contribution in [1.29, 1.82) is 0 Å². The molecule has 5 nitrogen and oxygen atoms in total. The zero-order valence-corrected chi connectivity index (χ0v) is 16.2. The Morgan fingerprint density at radius 1 is 1.24 bits per heavy atom. The number of hydrogen-bond donors (Lipinski definition) is 2. The third-order valence-electron chi connectivity index (χ3n) is 3.62. The lowest BCUT2D eigenvalue weighted by molar-refractivity contribution is 0.0703. The molecule has 25 heavy (non-hydrogen) atoms. The standard InChI is InChI=1S/C18H21NO4S2/c1-5-6-12-11-13(18(2,3)4)7-8-15(12)25(22,23)19-14-9-10-24-16(14)17(20)21/h5-11,19H,1-4H3,(H,20,21). The molecule has 134 valence electrons. The molecule has 0 unspecified atom stereocenters. The minimum atomic E-state index is -3.91. The molecule has 0 fully saturated rings. The van der Waals surface area contributed by atoms with Gasteiger partial charge >= 0.3 is 5.97 Å². The lowest BCUT2D eigenvalue weighted by Gasteiger charge is -2.21. The summed E-state index contributed by atoms with van der Waals surface area (Å²) in [6.45, 7) is 7.98. The molecule has 2 rings (SSSR count). The molecule has 2 aromatic rings. The van der Waals surface area contributed by atoms with E-state index in [2.05, 4.69) is 25.5 Å².